The maximum Gasteiger partial charge on any atom is 0.352 e. The summed E-state index contributed by atoms with van der Waals surface area (Å²) in [5.74, 6) is -1.25. The van der Waals surface area contributed by atoms with E-state index in [2.05, 4.69) is 10.2 Å². The van der Waals surface area contributed by atoms with Crippen LogP contribution in [0.25, 0.3) is 0 Å². The standard InChI is InChI=1S/C18H30N2O3/c1-18(2)13-14(18)16(21)19-15(17(22)23)9-5-3-4-6-10-20-11-7-8-12-20/h9,14H,3-8,10-13H2,1-2H3,(H,19,21)(H,22,23). The van der Waals surface area contributed by atoms with E-state index in [1.54, 1.807) is 6.08 Å². The molecule has 130 valence electrons. The predicted octanol–water partition coefficient (Wildman–Crippen LogP) is 2.77. The number of allylic oxidation sites excluding steroid dienone is 1. The highest BCUT2D eigenvalue weighted by atomic mass is 16.4. The molecule has 0 radical (unpaired) electrons. The van der Waals surface area contributed by atoms with Crippen molar-refractivity contribution in [1.29, 1.82) is 0 Å². The van der Waals surface area contributed by atoms with Gasteiger partial charge in [0, 0.05) is 5.92 Å². The van der Waals surface area contributed by atoms with Crippen molar-refractivity contribution in [2.45, 2.75) is 58.8 Å². The number of carboxylic acids is 1. The van der Waals surface area contributed by atoms with E-state index in [-0.39, 0.29) is 22.9 Å². The van der Waals surface area contributed by atoms with Crippen LogP contribution in [0.15, 0.2) is 11.8 Å². The first-order valence-corrected chi connectivity index (χ1v) is 8.87. The second kappa shape index (κ2) is 7.95. The Morgan fingerprint density at radius 3 is 2.43 bits per heavy atom. The van der Waals surface area contributed by atoms with Crippen LogP contribution >= 0.6 is 0 Å². The first kappa shape index (κ1) is 18.0. The molecular weight excluding hydrogens is 292 g/mol. The Hall–Kier alpha value is -1.36. The molecule has 0 aromatic carbocycles. The number of carbonyl (C=O) groups excluding carboxylic acids is 1. The topological polar surface area (TPSA) is 69.6 Å². The molecule has 2 aliphatic rings. The van der Waals surface area contributed by atoms with E-state index in [1.165, 1.54) is 32.4 Å². The fourth-order valence-corrected chi connectivity index (χ4v) is 3.24. The lowest BCUT2D eigenvalue weighted by molar-refractivity contribution is -0.135. The van der Waals surface area contributed by atoms with Crippen LogP contribution in [-0.4, -0.2) is 41.5 Å². The van der Waals surface area contributed by atoms with Gasteiger partial charge in [-0.25, -0.2) is 4.79 Å². The molecule has 2 N–H and O–H groups in total. The largest absolute Gasteiger partial charge is 0.477 e. The molecule has 5 heteroatoms. The van der Waals surface area contributed by atoms with Crippen LogP contribution in [0.3, 0.4) is 0 Å². The van der Waals surface area contributed by atoms with Gasteiger partial charge in [0.2, 0.25) is 5.91 Å². The number of rotatable bonds is 9. The average Bonchev–Trinajstić information content (AvgIpc) is 2.88. The van der Waals surface area contributed by atoms with Gasteiger partial charge >= 0.3 is 5.97 Å². The molecule has 0 aromatic heterocycles. The van der Waals surface area contributed by atoms with Crippen molar-refractivity contribution >= 4 is 11.9 Å². The summed E-state index contributed by atoms with van der Waals surface area (Å²) < 4.78 is 0. The number of hydrogen-bond acceptors (Lipinski definition) is 3. The molecule has 2 fully saturated rings. The molecule has 2 rings (SSSR count). The van der Waals surface area contributed by atoms with Gasteiger partial charge in [0.15, 0.2) is 0 Å². The van der Waals surface area contributed by atoms with Gasteiger partial charge in [0.1, 0.15) is 5.70 Å². The first-order valence-electron chi connectivity index (χ1n) is 8.87. The van der Waals surface area contributed by atoms with Gasteiger partial charge in [-0.05, 0) is 63.6 Å². The maximum atomic E-state index is 12.0. The quantitative estimate of drug-likeness (QED) is 0.506. The predicted molar refractivity (Wildman–Crippen MR) is 89.9 cm³/mol. The summed E-state index contributed by atoms with van der Waals surface area (Å²) >= 11 is 0. The molecule has 0 spiro atoms. The summed E-state index contributed by atoms with van der Waals surface area (Å²) in [6.07, 6.45) is 9.08. The van der Waals surface area contributed by atoms with Crippen LogP contribution in [-0.2, 0) is 9.59 Å². The molecule has 0 aromatic rings. The molecule has 1 aliphatic heterocycles. The zero-order chi connectivity index (χ0) is 16.9. The minimum absolute atomic E-state index is 0.0171. The number of aliphatic carboxylic acids is 1. The molecule has 1 aliphatic carbocycles. The second-order valence-electron chi connectivity index (χ2n) is 7.56. The van der Waals surface area contributed by atoms with Gasteiger partial charge in [-0.3, -0.25) is 4.79 Å². The molecule has 1 saturated heterocycles. The van der Waals surface area contributed by atoms with Crippen molar-refractivity contribution in [3.8, 4) is 0 Å². The van der Waals surface area contributed by atoms with Crippen LogP contribution in [0.5, 0.6) is 0 Å². The number of nitrogens with one attached hydrogen (secondary N) is 1. The maximum absolute atomic E-state index is 12.0. The summed E-state index contributed by atoms with van der Waals surface area (Å²) in [6.45, 7) is 7.67. The van der Waals surface area contributed by atoms with Gasteiger partial charge in [0.25, 0.3) is 0 Å². The highest BCUT2D eigenvalue weighted by molar-refractivity contribution is 5.94. The van der Waals surface area contributed by atoms with Gasteiger partial charge in [0.05, 0.1) is 0 Å². The number of likely N-dealkylation sites (tertiary alicyclic amines) is 1. The molecule has 1 amide bonds. The van der Waals surface area contributed by atoms with Crippen molar-refractivity contribution < 1.29 is 14.7 Å². The number of amides is 1. The van der Waals surface area contributed by atoms with Gasteiger partial charge in [-0.15, -0.1) is 0 Å². The summed E-state index contributed by atoms with van der Waals surface area (Å²) in [4.78, 5) is 25.7. The van der Waals surface area contributed by atoms with E-state index in [9.17, 15) is 14.7 Å². The first-order chi connectivity index (χ1) is 10.9. The molecule has 1 heterocycles. The SMILES string of the molecule is CC1(C)CC1C(=O)NC(=CCCCCCN1CCCC1)C(=O)O. The van der Waals surface area contributed by atoms with Crippen molar-refractivity contribution in [2.24, 2.45) is 11.3 Å². The van der Waals surface area contributed by atoms with E-state index in [0.29, 0.717) is 6.42 Å². The normalized spacial score (nSPS) is 23.7. The van der Waals surface area contributed by atoms with Crippen LogP contribution in [0.1, 0.15) is 58.8 Å². The Labute approximate surface area is 139 Å². The van der Waals surface area contributed by atoms with E-state index >= 15 is 0 Å². The van der Waals surface area contributed by atoms with Crippen LogP contribution in [0.4, 0.5) is 0 Å². The fourth-order valence-electron chi connectivity index (χ4n) is 3.24. The molecule has 1 atom stereocenters. The Morgan fingerprint density at radius 2 is 1.87 bits per heavy atom. The number of carboxylic acid groups (broad SMARTS) is 1. The lowest BCUT2D eigenvalue weighted by Crippen LogP contribution is -2.29. The third-order valence-electron chi connectivity index (χ3n) is 5.04. The molecule has 1 unspecified atom stereocenters. The lowest BCUT2D eigenvalue weighted by Gasteiger charge is -2.13. The van der Waals surface area contributed by atoms with Crippen molar-refractivity contribution in [1.82, 2.24) is 10.2 Å². The number of unbranched alkanes of at least 4 members (excludes halogenated alkanes) is 3. The van der Waals surface area contributed by atoms with Crippen molar-refractivity contribution in [3.63, 3.8) is 0 Å². The van der Waals surface area contributed by atoms with Crippen LogP contribution in [0.2, 0.25) is 0 Å². The Kier molecular flexibility index (Phi) is 6.22. The average molecular weight is 322 g/mol. The van der Waals surface area contributed by atoms with E-state index in [4.69, 9.17) is 0 Å². The van der Waals surface area contributed by atoms with Gasteiger partial charge < -0.3 is 15.3 Å². The van der Waals surface area contributed by atoms with Gasteiger partial charge in [-0.2, -0.15) is 0 Å². The van der Waals surface area contributed by atoms with Gasteiger partial charge in [-0.1, -0.05) is 26.3 Å². The lowest BCUT2D eigenvalue weighted by atomic mass is 10.1. The minimum atomic E-state index is -1.05. The molecule has 23 heavy (non-hydrogen) atoms. The molecule has 5 nitrogen and oxygen atoms in total. The summed E-state index contributed by atoms with van der Waals surface area (Å²) in [5.41, 5.74) is 0.0562. The number of carbonyl (C=O) groups is 2. The summed E-state index contributed by atoms with van der Waals surface area (Å²) in [5, 5.41) is 11.8. The Morgan fingerprint density at radius 1 is 1.22 bits per heavy atom. The molecule has 0 bridgehead atoms. The van der Waals surface area contributed by atoms with Crippen molar-refractivity contribution in [2.75, 3.05) is 19.6 Å². The van der Waals surface area contributed by atoms with E-state index in [1.807, 2.05) is 13.8 Å². The highest BCUT2D eigenvalue weighted by Gasteiger charge is 2.50. The smallest absolute Gasteiger partial charge is 0.352 e. The number of hydrogen-bond donors (Lipinski definition) is 2. The molecule has 1 saturated carbocycles. The monoisotopic (exact) mass is 322 g/mol. The van der Waals surface area contributed by atoms with E-state index < -0.39 is 5.97 Å². The van der Waals surface area contributed by atoms with Crippen LogP contribution < -0.4 is 5.32 Å². The Bertz CT molecular complexity index is 465. The molecular formula is C18H30N2O3. The van der Waals surface area contributed by atoms with Crippen molar-refractivity contribution in [3.05, 3.63) is 11.8 Å². The third kappa shape index (κ3) is 5.65. The third-order valence-corrected chi connectivity index (χ3v) is 5.04. The zero-order valence-electron chi connectivity index (χ0n) is 14.4. The minimum Gasteiger partial charge on any atom is -0.477 e. The number of nitrogens with zero attached hydrogens (tertiary/aromatic N) is 1. The summed E-state index contributed by atoms with van der Waals surface area (Å²) in [7, 11) is 0. The summed E-state index contributed by atoms with van der Waals surface area (Å²) in [6, 6.07) is 0. The fraction of sp³-hybridized carbons (Fsp3) is 0.778. The Balaban J connectivity index is 1.65. The second-order valence-corrected chi connectivity index (χ2v) is 7.56. The zero-order valence-corrected chi connectivity index (χ0v) is 14.4. The van der Waals surface area contributed by atoms with Crippen LogP contribution in [0, 0.1) is 11.3 Å². The van der Waals surface area contributed by atoms with E-state index in [0.717, 1.165) is 25.8 Å². The highest BCUT2D eigenvalue weighted by Crippen LogP contribution is 2.51.